The number of aliphatic imine (C=N–C) groups is 1. The Morgan fingerprint density at radius 2 is 1.74 bits per heavy atom. The second-order valence-electron chi connectivity index (χ2n) is 11.4. The number of benzene rings is 3. The molecule has 2 heterocycles. The van der Waals surface area contributed by atoms with Crippen LogP contribution in [0.1, 0.15) is 51.2 Å². The van der Waals surface area contributed by atoms with Crippen molar-refractivity contribution in [3.05, 3.63) is 99.5 Å². The lowest BCUT2D eigenvalue weighted by Crippen LogP contribution is -2.29. The first-order valence-electron chi connectivity index (χ1n) is 16.1. The predicted octanol–water partition coefficient (Wildman–Crippen LogP) is 7.64. The highest BCUT2D eigenvalue weighted by atomic mass is 32.2. The van der Waals surface area contributed by atoms with Gasteiger partial charge in [-0.05, 0) is 90.8 Å². The predicted molar refractivity (Wildman–Crippen MR) is 192 cm³/mol. The largest absolute Gasteiger partial charge is 0.573 e. The minimum atomic E-state index is -4.75. The molecule has 0 atom stereocenters. The fourth-order valence-corrected chi connectivity index (χ4v) is 6.63. The van der Waals surface area contributed by atoms with Crippen molar-refractivity contribution in [3.8, 4) is 34.3 Å². The van der Waals surface area contributed by atoms with E-state index in [-0.39, 0.29) is 17.4 Å². The Hall–Kier alpha value is -4.63. The summed E-state index contributed by atoms with van der Waals surface area (Å²) in [6, 6.07) is 19.0. The van der Waals surface area contributed by atoms with Crippen LogP contribution < -0.4 is 20.0 Å². The summed E-state index contributed by atoms with van der Waals surface area (Å²) < 4.78 is 51.7. The maximum absolute atomic E-state index is 13.6. The van der Waals surface area contributed by atoms with Crippen LogP contribution in [0.2, 0.25) is 0 Å². The van der Waals surface area contributed by atoms with Crippen molar-refractivity contribution in [3.63, 3.8) is 0 Å². The molecule has 0 unspecified atom stereocenters. The van der Waals surface area contributed by atoms with Gasteiger partial charge in [-0.1, -0.05) is 56.8 Å². The van der Waals surface area contributed by atoms with Gasteiger partial charge in [0.05, 0.1) is 18.5 Å². The standard InChI is InChI=1S/C35H38F3N7O3S2/c1-6-20-49-32(41-33-45(34(46)44(7-2)50-33)30-17-16-28(47-5)21-29(30)23(3)4)39-19-18-24-8-10-25(11-9-24)31-40-22-43(42-31)26-12-14-27(15-13-26)48-35(36,37)38/h8-17,21-23H,6-7,18-20H2,1-5H3. The number of methoxy groups -OCH3 is 1. The molecular weight excluding hydrogens is 688 g/mol. The minimum Gasteiger partial charge on any atom is -0.497 e. The first-order valence-corrected chi connectivity index (χ1v) is 17.9. The molecule has 0 aliphatic rings. The molecule has 0 spiro atoms. The van der Waals surface area contributed by atoms with E-state index in [9.17, 15) is 18.0 Å². The molecule has 264 valence electrons. The lowest BCUT2D eigenvalue weighted by atomic mass is 10.0. The molecule has 0 N–H and O–H groups in total. The third-order valence-electron chi connectivity index (χ3n) is 7.49. The van der Waals surface area contributed by atoms with Crippen LogP contribution in [0.5, 0.6) is 11.5 Å². The van der Waals surface area contributed by atoms with E-state index in [0.717, 1.165) is 40.3 Å². The average molecular weight is 726 g/mol. The molecule has 5 rings (SSSR count). The summed E-state index contributed by atoms with van der Waals surface area (Å²) in [6.45, 7) is 9.24. The molecule has 0 saturated carbocycles. The van der Waals surface area contributed by atoms with E-state index in [0.29, 0.717) is 41.0 Å². The molecule has 50 heavy (non-hydrogen) atoms. The van der Waals surface area contributed by atoms with Crippen LogP contribution in [0.15, 0.2) is 87.8 Å². The average Bonchev–Trinajstić information content (AvgIpc) is 3.71. The molecule has 15 heteroatoms. The number of aromatic nitrogens is 5. The van der Waals surface area contributed by atoms with Gasteiger partial charge in [-0.15, -0.1) is 18.3 Å². The number of alkyl halides is 3. The number of nitrogens with zero attached hydrogens (tertiary/aromatic N) is 7. The van der Waals surface area contributed by atoms with E-state index in [1.54, 1.807) is 27.4 Å². The van der Waals surface area contributed by atoms with Gasteiger partial charge in [-0.25, -0.2) is 23.0 Å². The maximum atomic E-state index is 13.6. The lowest BCUT2D eigenvalue weighted by molar-refractivity contribution is -0.274. The van der Waals surface area contributed by atoms with Crippen molar-refractivity contribution in [1.29, 1.82) is 0 Å². The van der Waals surface area contributed by atoms with Gasteiger partial charge in [-0.2, -0.15) is 4.99 Å². The van der Waals surface area contributed by atoms with Crippen LogP contribution in [0.4, 0.5) is 13.2 Å². The molecule has 0 amide bonds. The number of rotatable bonds is 12. The van der Waals surface area contributed by atoms with Crippen LogP contribution in [-0.2, 0) is 13.0 Å². The van der Waals surface area contributed by atoms with Gasteiger partial charge < -0.3 is 9.47 Å². The lowest BCUT2D eigenvalue weighted by Gasteiger charge is -2.14. The van der Waals surface area contributed by atoms with Crippen molar-refractivity contribution in [2.45, 2.75) is 59.4 Å². The quantitative estimate of drug-likeness (QED) is 0.0969. The number of hydrogen-bond donors (Lipinski definition) is 0. The van der Waals surface area contributed by atoms with Gasteiger partial charge >= 0.3 is 12.1 Å². The molecule has 0 saturated heterocycles. The Bertz CT molecular complexity index is 2050. The van der Waals surface area contributed by atoms with Crippen molar-refractivity contribution in [2.24, 2.45) is 9.98 Å². The van der Waals surface area contributed by atoms with Crippen molar-refractivity contribution in [1.82, 2.24) is 23.3 Å². The summed E-state index contributed by atoms with van der Waals surface area (Å²) in [4.78, 5) is 28.3. The number of hydrogen-bond acceptors (Lipinski definition) is 8. The van der Waals surface area contributed by atoms with Gasteiger partial charge in [-0.3, -0.25) is 4.99 Å². The topological polar surface area (TPSA) is 101 Å². The number of amidine groups is 1. The summed E-state index contributed by atoms with van der Waals surface area (Å²) in [5.41, 5.74) is 4.03. The molecule has 5 aromatic rings. The van der Waals surface area contributed by atoms with E-state index < -0.39 is 6.36 Å². The van der Waals surface area contributed by atoms with E-state index in [4.69, 9.17) is 14.7 Å². The van der Waals surface area contributed by atoms with Gasteiger partial charge in [0.2, 0.25) is 4.80 Å². The first-order chi connectivity index (χ1) is 24.0. The minimum absolute atomic E-state index is 0.143. The van der Waals surface area contributed by atoms with Crippen molar-refractivity contribution >= 4 is 28.5 Å². The van der Waals surface area contributed by atoms with Crippen LogP contribution in [0, 0.1) is 0 Å². The summed E-state index contributed by atoms with van der Waals surface area (Å²) >= 11 is 2.89. The Kier molecular flexibility index (Phi) is 12.0. The van der Waals surface area contributed by atoms with Crippen molar-refractivity contribution in [2.75, 3.05) is 19.4 Å². The number of ether oxygens (including phenoxy) is 2. The van der Waals surface area contributed by atoms with E-state index in [1.807, 2.05) is 49.4 Å². The second-order valence-corrected chi connectivity index (χ2v) is 13.4. The summed E-state index contributed by atoms with van der Waals surface area (Å²) in [7, 11) is 1.63. The maximum Gasteiger partial charge on any atom is 0.573 e. The Morgan fingerprint density at radius 1 is 1.02 bits per heavy atom. The Morgan fingerprint density at radius 3 is 2.38 bits per heavy atom. The van der Waals surface area contributed by atoms with Crippen LogP contribution in [0.3, 0.4) is 0 Å². The monoisotopic (exact) mass is 725 g/mol. The van der Waals surface area contributed by atoms with Gasteiger partial charge in [0.25, 0.3) is 0 Å². The highest BCUT2D eigenvalue weighted by molar-refractivity contribution is 8.13. The summed E-state index contributed by atoms with van der Waals surface area (Å²) in [5, 5.41) is 5.10. The smallest absolute Gasteiger partial charge is 0.497 e. The molecule has 0 bridgehead atoms. The molecule has 0 aliphatic carbocycles. The molecule has 2 aromatic heterocycles. The number of aryl methyl sites for hydroxylation is 1. The van der Waals surface area contributed by atoms with Crippen LogP contribution in [-0.4, -0.2) is 54.2 Å². The third kappa shape index (κ3) is 9.13. The fourth-order valence-electron chi connectivity index (χ4n) is 4.98. The van der Waals surface area contributed by atoms with Crippen LogP contribution in [0.25, 0.3) is 22.8 Å². The van der Waals surface area contributed by atoms with E-state index >= 15 is 0 Å². The molecule has 0 aliphatic heterocycles. The highest BCUT2D eigenvalue weighted by Gasteiger charge is 2.31. The SMILES string of the molecule is CCCSC(=NCCc1ccc(-c2ncn(-c3ccc(OC(F)(F)F)cc3)n2)cc1)N=c1sn(CC)c(=O)n1-c1ccc(OC)cc1C(C)C. The van der Waals surface area contributed by atoms with E-state index in [2.05, 4.69) is 35.6 Å². The highest BCUT2D eigenvalue weighted by Crippen LogP contribution is 2.27. The van der Waals surface area contributed by atoms with Crippen molar-refractivity contribution < 1.29 is 22.6 Å². The molecule has 0 fully saturated rings. The zero-order valence-corrected chi connectivity index (χ0v) is 30.0. The number of halogens is 3. The second kappa shape index (κ2) is 16.4. The summed E-state index contributed by atoms with van der Waals surface area (Å²) in [5.74, 6) is 1.89. The molecular formula is C35H38F3N7O3S2. The zero-order chi connectivity index (χ0) is 35.8. The Labute approximate surface area is 296 Å². The van der Waals surface area contributed by atoms with Gasteiger partial charge in [0, 0.05) is 24.4 Å². The van der Waals surface area contributed by atoms with E-state index in [1.165, 1.54) is 46.8 Å². The molecule has 10 nitrogen and oxygen atoms in total. The van der Waals surface area contributed by atoms with Gasteiger partial charge in [0.1, 0.15) is 17.8 Å². The molecule has 0 radical (unpaired) electrons. The molecule has 3 aromatic carbocycles. The third-order valence-corrected chi connectivity index (χ3v) is 9.65. The normalized spacial score (nSPS) is 12.6. The van der Waals surface area contributed by atoms with Gasteiger partial charge in [0.15, 0.2) is 11.0 Å². The first kappa shape index (κ1) is 36.6. The fraction of sp³-hybridized carbons (Fsp3) is 0.343. The zero-order valence-electron chi connectivity index (χ0n) is 28.3. The Balaban J connectivity index is 1.34. The summed E-state index contributed by atoms with van der Waals surface area (Å²) in [6.07, 6.45) is -1.63. The number of thioether (sulfide) groups is 1. The van der Waals surface area contributed by atoms with Crippen LogP contribution >= 0.6 is 23.3 Å².